The van der Waals surface area contributed by atoms with Crippen molar-refractivity contribution in [2.75, 3.05) is 7.11 Å². The summed E-state index contributed by atoms with van der Waals surface area (Å²) < 4.78 is 20.4. The molecule has 134 valence electrons. The van der Waals surface area contributed by atoms with Crippen molar-refractivity contribution in [2.45, 2.75) is 20.0 Å². The molecule has 26 heavy (non-hydrogen) atoms. The highest BCUT2D eigenvalue weighted by Gasteiger charge is 2.16. The lowest BCUT2D eigenvalue weighted by Gasteiger charge is -2.10. The van der Waals surface area contributed by atoms with Gasteiger partial charge in [-0.25, -0.2) is 9.59 Å². The van der Waals surface area contributed by atoms with Gasteiger partial charge in [0.15, 0.2) is 11.5 Å². The zero-order valence-electron chi connectivity index (χ0n) is 14.5. The van der Waals surface area contributed by atoms with Crippen LogP contribution in [0, 0.1) is 11.3 Å². The lowest BCUT2D eigenvalue weighted by atomic mass is 10.1. The molecule has 0 aliphatic rings. The molecular weight excluding hydrogens is 338 g/mol. The first-order valence-corrected chi connectivity index (χ1v) is 7.71. The average Bonchev–Trinajstić information content (AvgIpc) is 3.14. The van der Waals surface area contributed by atoms with Crippen LogP contribution in [-0.4, -0.2) is 25.2 Å². The predicted octanol–water partition coefficient (Wildman–Crippen LogP) is 3.37. The van der Waals surface area contributed by atoms with Gasteiger partial charge in [-0.15, -0.1) is 0 Å². The molecule has 0 atom stereocenters. The normalized spacial score (nSPS) is 11.0. The maximum atomic E-state index is 12.0. The minimum absolute atomic E-state index is 0.0548. The summed E-state index contributed by atoms with van der Waals surface area (Å²) in [6.45, 7) is 3.39. The van der Waals surface area contributed by atoms with Crippen molar-refractivity contribution in [3.05, 3.63) is 53.5 Å². The smallest absolute Gasteiger partial charge is 0.379 e. The fraction of sp³-hybridized carbons (Fsp3) is 0.211. The summed E-state index contributed by atoms with van der Waals surface area (Å²) in [6.07, 6.45) is 2.39. The summed E-state index contributed by atoms with van der Waals surface area (Å²) in [5.41, 5.74) is 0.359. The van der Waals surface area contributed by atoms with Gasteiger partial charge in [0.25, 0.3) is 0 Å². The van der Waals surface area contributed by atoms with Gasteiger partial charge in [0.2, 0.25) is 5.76 Å². The second kappa shape index (κ2) is 8.53. The van der Waals surface area contributed by atoms with E-state index in [2.05, 4.69) is 0 Å². The average molecular weight is 355 g/mol. The van der Waals surface area contributed by atoms with Crippen molar-refractivity contribution in [1.82, 2.24) is 0 Å². The molecule has 0 N–H and O–H groups in total. The van der Waals surface area contributed by atoms with Crippen LogP contribution in [0.5, 0.6) is 11.5 Å². The molecule has 0 aliphatic carbocycles. The second-order valence-corrected chi connectivity index (χ2v) is 5.40. The summed E-state index contributed by atoms with van der Waals surface area (Å²) in [6, 6.07) is 9.46. The number of methoxy groups -OCH3 is 1. The Morgan fingerprint density at radius 2 is 2.00 bits per heavy atom. The maximum Gasteiger partial charge on any atom is 0.379 e. The number of hydrogen-bond donors (Lipinski definition) is 0. The Bertz CT molecular complexity index is 859. The summed E-state index contributed by atoms with van der Waals surface area (Å²) in [5, 5.41) is 9.15. The number of carbonyl (C=O) groups excluding carboxylic acids is 2. The maximum absolute atomic E-state index is 12.0. The molecule has 2 aromatic rings. The van der Waals surface area contributed by atoms with Gasteiger partial charge in [-0.3, -0.25) is 0 Å². The fourth-order valence-corrected chi connectivity index (χ4v) is 1.98. The molecule has 7 nitrogen and oxygen atoms in total. The van der Waals surface area contributed by atoms with E-state index in [1.165, 1.54) is 37.6 Å². The highest BCUT2D eigenvalue weighted by Crippen LogP contribution is 2.29. The molecule has 0 radical (unpaired) electrons. The molecule has 0 saturated heterocycles. The van der Waals surface area contributed by atoms with Crippen LogP contribution in [0.4, 0.5) is 0 Å². The number of hydrogen-bond acceptors (Lipinski definition) is 7. The van der Waals surface area contributed by atoms with Gasteiger partial charge in [0.1, 0.15) is 11.6 Å². The van der Waals surface area contributed by atoms with Gasteiger partial charge < -0.3 is 18.6 Å². The van der Waals surface area contributed by atoms with Gasteiger partial charge in [-0.05, 0) is 49.8 Å². The predicted molar refractivity (Wildman–Crippen MR) is 91.5 cm³/mol. The van der Waals surface area contributed by atoms with Crippen LogP contribution in [-0.2, 0) is 9.53 Å². The van der Waals surface area contributed by atoms with Crippen LogP contribution in [0.25, 0.3) is 6.08 Å². The first-order valence-electron chi connectivity index (χ1n) is 7.71. The quantitative estimate of drug-likeness (QED) is 0.339. The van der Waals surface area contributed by atoms with Crippen LogP contribution in [0.3, 0.4) is 0 Å². The summed E-state index contributed by atoms with van der Waals surface area (Å²) in [7, 11) is 1.41. The zero-order chi connectivity index (χ0) is 19.1. The number of benzene rings is 1. The molecular formula is C19H17NO6. The third-order valence-corrected chi connectivity index (χ3v) is 3.11. The van der Waals surface area contributed by atoms with Crippen molar-refractivity contribution in [1.29, 1.82) is 5.26 Å². The van der Waals surface area contributed by atoms with Crippen LogP contribution in [0.1, 0.15) is 30.0 Å². The van der Waals surface area contributed by atoms with E-state index in [9.17, 15) is 9.59 Å². The third kappa shape index (κ3) is 4.74. The summed E-state index contributed by atoms with van der Waals surface area (Å²) in [5.74, 6) is -0.897. The molecule has 0 fully saturated rings. The van der Waals surface area contributed by atoms with Gasteiger partial charge in [-0.1, -0.05) is 6.07 Å². The Kier molecular flexibility index (Phi) is 6.17. The minimum Gasteiger partial charge on any atom is -0.493 e. The van der Waals surface area contributed by atoms with E-state index in [4.69, 9.17) is 23.9 Å². The van der Waals surface area contributed by atoms with Crippen LogP contribution < -0.4 is 9.47 Å². The molecule has 1 heterocycles. The topological polar surface area (TPSA) is 98.8 Å². The number of rotatable bonds is 6. The fourth-order valence-electron chi connectivity index (χ4n) is 1.98. The van der Waals surface area contributed by atoms with Crippen molar-refractivity contribution >= 4 is 18.0 Å². The van der Waals surface area contributed by atoms with Crippen molar-refractivity contribution in [2.24, 2.45) is 0 Å². The Labute approximate surface area is 150 Å². The molecule has 7 heteroatoms. The Morgan fingerprint density at radius 1 is 1.23 bits per heavy atom. The Balaban J connectivity index is 2.24. The van der Waals surface area contributed by atoms with Crippen molar-refractivity contribution < 1.29 is 28.2 Å². The molecule has 2 rings (SSSR count). The second-order valence-electron chi connectivity index (χ2n) is 5.40. The molecule has 0 bridgehead atoms. The van der Waals surface area contributed by atoms with E-state index in [1.807, 2.05) is 0 Å². The van der Waals surface area contributed by atoms with Crippen molar-refractivity contribution in [3.8, 4) is 17.6 Å². The van der Waals surface area contributed by atoms with Gasteiger partial charge in [0, 0.05) is 0 Å². The summed E-state index contributed by atoms with van der Waals surface area (Å²) >= 11 is 0. The molecule has 0 unspecified atom stereocenters. The number of nitrogens with zero attached hydrogens (tertiary/aromatic N) is 1. The van der Waals surface area contributed by atoms with Gasteiger partial charge >= 0.3 is 11.9 Å². The summed E-state index contributed by atoms with van der Waals surface area (Å²) in [4.78, 5) is 23.8. The number of carbonyl (C=O) groups is 2. The third-order valence-electron chi connectivity index (χ3n) is 3.11. The van der Waals surface area contributed by atoms with Crippen LogP contribution in [0.15, 0.2) is 46.6 Å². The van der Waals surface area contributed by atoms with Gasteiger partial charge in [0.05, 0.1) is 19.5 Å². The number of nitriles is 1. The highest BCUT2D eigenvalue weighted by atomic mass is 16.6. The van der Waals surface area contributed by atoms with E-state index >= 15 is 0 Å². The lowest BCUT2D eigenvalue weighted by molar-refractivity contribution is -0.142. The molecule has 0 spiro atoms. The van der Waals surface area contributed by atoms with Crippen LogP contribution >= 0.6 is 0 Å². The molecule has 1 aromatic carbocycles. The largest absolute Gasteiger partial charge is 0.493 e. The Hall–Kier alpha value is -3.53. The number of esters is 2. The standard InChI is InChI=1S/C19H17NO6/c1-12(2)25-18(21)14(11-20)9-13-6-7-15(17(10-13)23-3)26-19(22)16-5-4-8-24-16/h4-10,12H,1-3H3/b14-9+. The lowest BCUT2D eigenvalue weighted by Crippen LogP contribution is -2.12. The van der Waals surface area contributed by atoms with E-state index in [0.717, 1.165) is 0 Å². The number of ether oxygens (including phenoxy) is 3. The minimum atomic E-state index is -0.713. The van der Waals surface area contributed by atoms with Crippen LogP contribution in [0.2, 0.25) is 0 Å². The first kappa shape index (κ1) is 18.8. The van der Waals surface area contributed by atoms with E-state index in [-0.39, 0.29) is 28.9 Å². The molecule has 0 aliphatic heterocycles. The highest BCUT2D eigenvalue weighted by molar-refractivity contribution is 5.98. The van der Waals surface area contributed by atoms with E-state index in [0.29, 0.717) is 5.56 Å². The SMILES string of the molecule is COc1cc(/C=C(\C#N)C(=O)OC(C)C)ccc1OC(=O)c1ccco1. The monoisotopic (exact) mass is 355 g/mol. The van der Waals surface area contributed by atoms with Crippen molar-refractivity contribution in [3.63, 3.8) is 0 Å². The molecule has 0 amide bonds. The van der Waals surface area contributed by atoms with E-state index < -0.39 is 11.9 Å². The van der Waals surface area contributed by atoms with E-state index in [1.54, 1.807) is 32.0 Å². The van der Waals surface area contributed by atoms with Gasteiger partial charge in [-0.2, -0.15) is 5.26 Å². The Morgan fingerprint density at radius 3 is 2.58 bits per heavy atom. The number of furan rings is 1. The zero-order valence-corrected chi connectivity index (χ0v) is 14.5. The molecule has 1 aromatic heterocycles. The first-order chi connectivity index (χ1) is 12.4. The molecule has 0 saturated carbocycles.